The molecule has 7 heteroatoms. The van der Waals surface area contributed by atoms with E-state index in [2.05, 4.69) is 48.2 Å². The summed E-state index contributed by atoms with van der Waals surface area (Å²) in [6.07, 6.45) is 1.56. The molecule has 152 valence electrons. The molecule has 2 N–H and O–H groups in total. The van der Waals surface area contributed by atoms with Gasteiger partial charge in [0, 0.05) is 56.7 Å². The molecule has 0 bridgehead atoms. The lowest BCUT2D eigenvalue weighted by atomic mass is 9.57. The molecular formula is C19H37IN4O2. The van der Waals surface area contributed by atoms with Crippen molar-refractivity contribution in [1.82, 2.24) is 15.5 Å². The van der Waals surface area contributed by atoms with Gasteiger partial charge >= 0.3 is 0 Å². The summed E-state index contributed by atoms with van der Waals surface area (Å²) >= 11 is 0. The van der Waals surface area contributed by atoms with E-state index in [-0.39, 0.29) is 29.4 Å². The fraction of sp³-hybridized carbons (Fsp3) is 0.947. The normalized spacial score (nSPS) is 32.4. The first-order chi connectivity index (χ1) is 11.9. The molecule has 0 aromatic heterocycles. The third-order valence-electron chi connectivity index (χ3n) is 6.38. The molecule has 0 aromatic carbocycles. The van der Waals surface area contributed by atoms with Gasteiger partial charge in [0.1, 0.15) is 0 Å². The summed E-state index contributed by atoms with van der Waals surface area (Å²) in [6.45, 7) is 14.7. The number of rotatable bonds is 5. The molecule has 3 rings (SSSR count). The average Bonchev–Trinajstić information content (AvgIpc) is 3.05. The Bertz CT molecular complexity index is 480. The molecule has 0 aromatic rings. The molecule has 3 fully saturated rings. The summed E-state index contributed by atoms with van der Waals surface area (Å²) in [5.41, 5.74) is 0.167. The first-order valence-corrected chi connectivity index (χ1v) is 9.85. The monoisotopic (exact) mass is 480 g/mol. The van der Waals surface area contributed by atoms with Crippen molar-refractivity contribution < 1.29 is 9.47 Å². The van der Waals surface area contributed by atoms with E-state index in [9.17, 15) is 0 Å². The molecule has 4 atom stereocenters. The highest BCUT2D eigenvalue weighted by atomic mass is 127. The molecule has 6 nitrogen and oxygen atoms in total. The number of hydrogen-bond acceptors (Lipinski definition) is 4. The fourth-order valence-electron chi connectivity index (χ4n) is 4.86. The van der Waals surface area contributed by atoms with Gasteiger partial charge in [-0.2, -0.15) is 0 Å². The Kier molecular flexibility index (Phi) is 8.00. The molecule has 0 spiro atoms. The second-order valence-corrected chi connectivity index (χ2v) is 8.60. The number of nitrogens with zero attached hydrogens (tertiary/aromatic N) is 2. The quantitative estimate of drug-likeness (QED) is 0.358. The van der Waals surface area contributed by atoms with E-state index in [1.165, 1.54) is 0 Å². The number of halogens is 1. The number of nitrogens with one attached hydrogen (secondary N) is 2. The van der Waals surface area contributed by atoms with Crippen LogP contribution in [0.25, 0.3) is 0 Å². The van der Waals surface area contributed by atoms with Crippen LogP contribution < -0.4 is 10.6 Å². The molecule has 4 unspecified atom stereocenters. The summed E-state index contributed by atoms with van der Waals surface area (Å²) in [6, 6.07) is 0.937. The number of morpholine rings is 1. The van der Waals surface area contributed by atoms with Crippen LogP contribution in [-0.2, 0) is 9.47 Å². The molecule has 3 aliphatic rings. The number of aliphatic imine (C=N–C) groups is 1. The highest BCUT2D eigenvalue weighted by Gasteiger charge is 2.59. The second kappa shape index (κ2) is 9.39. The Hall–Kier alpha value is -0.120. The van der Waals surface area contributed by atoms with Crippen molar-refractivity contribution in [3.05, 3.63) is 0 Å². The lowest BCUT2D eigenvalue weighted by molar-refractivity contribution is -0.106. The van der Waals surface area contributed by atoms with E-state index < -0.39 is 0 Å². The third-order valence-corrected chi connectivity index (χ3v) is 6.38. The zero-order chi connectivity index (χ0) is 18.0. The fourth-order valence-corrected chi connectivity index (χ4v) is 4.86. The highest BCUT2D eigenvalue weighted by molar-refractivity contribution is 14.0. The van der Waals surface area contributed by atoms with E-state index in [4.69, 9.17) is 9.47 Å². The van der Waals surface area contributed by atoms with Crippen molar-refractivity contribution in [2.75, 3.05) is 46.5 Å². The van der Waals surface area contributed by atoms with Crippen LogP contribution in [0.3, 0.4) is 0 Å². The van der Waals surface area contributed by atoms with E-state index in [1.807, 2.05) is 7.05 Å². The van der Waals surface area contributed by atoms with Gasteiger partial charge < -0.3 is 20.1 Å². The SMILES string of the molecule is CN=C(NCC(C(C)C)N1CCOCC1)NC1C2CCOC2C1(C)C.I. The third kappa shape index (κ3) is 4.47. The van der Waals surface area contributed by atoms with Crippen LogP contribution >= 0.6 is 24.0 Å². The minimum Gasteiger partial charge on any atom is -0.379 e. The van der Waals surface area contributed by atoms with Gasteiger partial charge in [0.15, 0.2) is 5.96 Å². The Labute approximate surface area is 175 Å². The second-order valence-electron chi connectivity index (χ2n) is 8.60. The van der Waals surface area contributed by atoms with Gasteiger partial charge in [-0.25, -0.2) is 0 Å². The number of guanidine groups is 1. The highest BCUT2D eigenvalue weighted by Crippen LogP contribution is 2.52. The maximum absolute atomic E-state index is 5.90. The lowest BCUT2D eigenvalue weighted by Crippen LogP contribution is -2.68. The van der Waals surface area contributed by atoms with Crippen LogP contribution in [0.15, 0.2) is 4.99 Å². The molecule has 0 amide bonds. The van der Waals surface area contributed by atoms with Crippen LogP contribution in [0, 0.1) is 17.3 Å². The summed E-state index contributed by atoms with van der Waals surface area (Å²) < 4.78 is 11.4. The summed E-state index contributed by atoms with van der Waals surface area (Å²) in [7, 11) is 1.86. The zero-order valence-corrected chi connectivity index (χ0v) is 19.3. The molecule has 1 saturated carbocycles. The number of ether oxygens (including phenoxy) is 2. The van der Waals surface area contributed by atoms with Gasteiger partial charge in [-0.15, -0.1) is 24.0 Å². The van der Waals surface area contributed by atoms with Crippen molar-refractivity contribution in [3.8, 4) is 0 Å². The average molecular weight is 480 g/mol. The smallest absolute Gasteiger partial charge is 0.191 e. The first-order valence-electron chi connectivity index (χ1n) is 9.85. The van der Waals surface area contributed by atoms with Gasteiger partial charge in [-0.05, 0) is 12.3 Å². The Morgan fingerprint density at radius 1 is 1.23 bits per heavy atom. The van der Waals surface area contributed by atoms with Crippen molar-refractivity contribution in [2.24, 2.45) is 22.2 Å². The van der Waals surface area contributed by atoms with E-state index in [0.717, 1.165) is 51.8 Å². The van der Waals surface area contributed by atoms with Crippen LogP contribution in [0.4, 0.5) is 0 Å². The van der Waals surface area contributed by atoms with E-state index in [1.54, 1.807) is 0 Å². The minimum atomic E-state index is 0. The summed E-state index contributed by atoms with van der Waals surface area (Å²) in [5.74, 6) is 2.13. The molecule has 2 aliphatic heterocycles. The predicted octanol–water partition coefficient (Wildman–Crippen LogP) is 1.94. The van der Waals surface area contributed by atoms with E-state index >= 15 is 0 Å². The van der Waals surface area contributed by atoms with Crippen molar-refractivity contribution in [3.63, 3.8) is 0 Å². The van der Waals surface area contributed by atoms with E-state index in [0.29, 0.717) is 30.0 Å². The van der Waals surface area contributed by atoms with Gasteiger partial charge in [-0.1, -0.05) is 27.7 Å². The van der Waals surface area contributed by atoms with Crippen molar-refractivity contribution >= 4 is 29.9 Å². The minimum absolute atomic E-state index is 0. The topological polar surface area (TPSA) is 58.1 Å². The Balaban J connectivity index is 0.00000243. The molecule has 1 aliphatic carbocycles. The van der Waals surface area contributed by atoms with Gasteiger partial charge in [-0.3, -0.25) is 9.89 Å². The van der Waals surface area contributed by atoms with Crippen LogP contribution in [-0.4, -0.2) is 75.5 Å². The molecule has 2 saturated heterocycles. The standard InChI is InChI=1S/C19H36N4O2.HI/c1-13(2)15(23-7-10-24-11-8-23)12-21-18(20-5)22-16-14-6-9-25-17(14)19(16,3)4;/h13-17H,6-12H2,1-5H3,(H2,20,21,22);1H. The van der Waals surface area contributed by atoms with Crippen LogP contribution in [0.2, 0.25) is 0 Å². The Morgan fingerprint density at radius 2 is 1.92 bits per heavy atom. The van der Waals surface area contributed by atoms with Gasteiger partial charge in [0.2, 0.25) is 0 Å². The molecule has 2 heterocycles. The molecule has 0 radical (unpaired) electrons. The lowest BCUT2D eigenvalue weighted by Gasteiger charge is -2.55. The molecule has 26 heavy (non-hydrogen) atoms. The predicted molar refractivity (Wildman–Crippen MR) is 116 cm³/mol. The Morgan fingerprint density at radius 3 is 2.54 bits per heavy atom. The zero-order valence-electron chi connectivity index (χ0n) is 17.0. The van der Waals surface area contributed by atoms with Gasteiger partial charge in [0.25, 0.3) is 0 Å². The largest absolute Gasteiger partial charge is 0.379 e. The summed E-state index contributed by atoms with van der Waals surface area (Å²) in [4.78, 5) is 7.02. The van der Waals surface area contributed by atoms with Crippen LogP contribution in [0.5, 0.6) is 0 Å². The maximum atomic E-state index is 5.90. The maximum Gasteiger partial charge on any atom is 0.191 e. The first kappa shape index (κ1) is 22.2. The van der Waals surface area contributed by atoms with Gasteiger partial charge in [0.05, 0.1) is 19.3 Å². The summed E-state index contributed by atoms with van der Waals surface area (Å²) in [5, 5.41) is 7.26. The van der Waals surface area contributed by atoms with Crippen molar-refractivity contribution in [1.29, 1.82) is 0 Å². The number of fused-ring (bicyclic) bond motifs is 1. The van der Waals surface area contributed by atoms with Crippen molar-refractivity contribution in [2.45, 2.75) is 52.3 Å². The molecular weight excluding hydrogens is 443 g/mol. The van der Waals surface area contributed by atoms with Crippen LogP contribution in [0.1, 0.15) is 34.1 Å². The number of hydrogen-bond donors (Lipinski definition) is 2.